The number of nitrogens with zero attached hydrogens (tertiary/aromatic N) is 2. The molecule has 1 aromatic rings. The number of nitrogens with one attached hydrogen (secondary N) is 1. The second kappa shape index (κ2) is 6.83. The minimum Gasteiger partial charge on any atom is -0.454 e. The molecule has 1 amide bonds. The topological polar surface area (TPSA) is 105 Å². The van der Waals surface area contributed by atoms with Crippen LogP contribution in [0.15, 0.2) is 34.2 Å². The number of fused-ring (bicyclic) bond motifs is 1. The third-order valence-electron chi connectivity index (χ3n) is 4.12. The number of amidine groups is 1. The highest BCUT2D eigenvalue weighted by Crippen LogP contribution is 2.22. The van der Waals surface area contributed by atoms with Gasteiger partial charge in [0, 0.05) is 18.7 Å². The monoisotopic (exact) mass is 365 g/mol. The van der Waals surface area contributed by atoms with Crippen LogP contribution >= 0.6 is 0 Å². The molecule has 0 saturated carbocycles. The van der Waals surface area contributed by atoms with Gasteiger partial charge in [0.15, 0.2) is 6.61 Å². The fourth-order valence-corrected chi connectivity index (χ4v) is 4.03. The predicted octanol–water partition coefficient (Wildman–Crippen LogP) is 0.279. The molecule has 0 radical (unpaired) electrons. The van der Waals surface area contributed by atoms with E-state index in [1.54, 1.807) is 23.1 Å². The lowest BCUT2D eigenvalue weighted by atomic mass is 10.2. The summed E-state index contributed by atoms with van der Waals surface area (Å²) in [5, 5.41) is 0. The largest absolute Gasteiger partial charge is 0.454 e. The minimum atomic E-state index is -3.66. The van der Waals surface area contributed by atoms with Crippen molar-refractivity contribution in [1.82, 2.24) is 9.62 Å². The van der Waals surface area contributed by atoms with Crippen molar-refractivity contribution in [2.75, 3.05) is 19.7 Å². The standard InChI is InChI=1S/C16H19N3O5S/c1-11(16(21)24-10-14(20)19-8-4-5-9-19)17-15-12-6-2-3-7-13(12)25(22,23)18-15/h2-3,6-7,11H,4-5,8-10H2,1H3,(H,17,18)/t11-/m0/s1. The SMILES string of the molecule is C[C@H](N=C1NS(=O)(=O)c2ccccc21)C(=O)OCC(=O)N1CCCC1. The molecule has 2 heterocycles. The van der Waals surface area contributed by atoms with Crippen molar-refractivity contribution < 1.29 is 22.7 Å². The van der Waals surface area contributed by atoms with E-state index in [0.29, 0.717) is 18.7 Å². The number of amides is 1. The molecule has 1 N–H and O–H groups in total. The summed E-state index contributed by atoms with van der Waals surface area (Å²) < 4.78 is 31.4. The Kier molecular flexibility index (Phi) is 4.76. The molecule has 1 aromatic carbocycles. The quantitative estimate of drug-likeness (QED) is 0.772. The number of hydrogen-bond acceptors (Lipinski definition) is 6. The van der Waals surface area contributed by atoms with E-state index in [2.05, 4.69) is 9.71 Å². The van der Waals surface area contributed by atoms with Crippen LogP contribution in [0.5, 0.6) is 0 Å². The molecule has 2 aliphatic rings. The molecule has 25 heavy (non-hydrogen) atoms. The van der Waals surface area contributed by atoms with Gasteiger partial charge in [-0.2, -0.15) is 0 Å². The molecule has 0 spiro atoms. The number of likely N-dealkylation sites (tertiary alicyclic amines) is 1. The Balaban J connectivity index is 1.65. The lowest BCUT2D eigenvalue weighted by Crippen LogP contribution is -2.33. The van der Waals surface area contributed by atoms with Crippen molar-refractivity contribution in [3.63, 3.8) is 0 Å². The van der Waals surface area contributed by atoms with Crippen LogP contribution in [0, 0.1) is 0 Å². The van der Waals surface area contributed by atoms with Crippen molar-refractivity contribution in [2.45, 2.75) is 30.7 Å². The highest BCUT2D eigenvalue weighted by molar-refractivity contribution is 7.90. The van der Waals surface area contributed by atoms with Crippen LogP contribution < -0.4 is 4.72 Å². The summed E-state index contributed by atoms with van der Waals surface area (Å²) in [5.74, 6) is -0.799. The van der Waals surface area contributed by atoms with E-state index in [-0.39, 0.29) is 23.2 Å². The molecule has 0 bridgehead atoms. The first-order chi connectivity index (χ1) is 11.9. The number of carbonyl (C=O) groups is 2. The van der Waals surface area contributed by atoms with Crippen molar-refractivity contribution in [3.05, 3.63) is 29.8 Å². The fourth-order valence-electron chi connectivity index (χ4n) is 2.79. The number of aliphatic imine (C=N–C) groups is 1. The average Bonchev–Trinajstić information content (AvgIpc) is 3.20. The third-order valence-corrected chi connectivity index (χ3v) is 5.52. The fraction of sp³-hybridized carbons (Fsp3) is 0.438. The molecule has 0 aromatic heterocycles. The number of esters is 1. The molecule has 134 valence electrons. The van der Waals surface area contributed by atoms with Crippen molar-refractivity contribution in [1.29, 1.82) is 0 Å². The molecule has 0 unspecified atom stereocenters. The summed E-state index contributed by atoms with van der Waals surface area (Å²) in [7, 11) is -3.66. The van der Waals surface area contributed by atoms with Crippen molar-refractivity contribution >= 4 is 27.7 Å². The van der Waals surface area contributed by atoms with Gasteiger partial charge in [0.25, 0.3) is 15.9 Å². The lowest BCUT2D eigenvalue weighted by molar-refractivity contribution is -0.152. The van der Waals surface area contributed by atoms with E-state index in [1.165, 1.54) is 13.0 Å². The Morgan fingerprint density at radius 3 is 2.68 bits per heavy atom. The minimum absolute atomic E-state index is 0.103. The molecular weight excluding hydrogens is 346 g/mol. The van der Waals surface area contributed by atoms with Crippen molar-refractivity contribution in [2.24, 2.45) is 4.99 Å². The zero-order valence-electron chi connectivity index (χ0n) is 13.8. The predicted molar refractivity (Wildman–Crippen MR) is 89.5 cm³/mol. The third kappa shape index (κ3) is 3.65. The van der Waals surface area contributed by atoms with Crippen LogP contribution in [0.1, 0.15) is 25.3 Å². The number of carbonyl (C=O) groups excluding carboxylic acids is 2. The normalized spacial score (nSPS) is 20.8. The van der Waals surface area contributed by atoms with Crippen LogP contribution in [0.2, 0.25) is 0 Å². The van der Waals surface area contributed by atoms with E-state index in [1.807, 2.05) is 0 Å². The van der Waals surface area contributed by atoms with E-state index >= 15 is 0 Å². The Morgan fingerprint density at radius 2 is 1.96 bits per heavy atom. The number of benzene rings is 1. The average molecular weight is 365 g/mol. The van der Waals surface area contributed by atoms with Gasteiger partial charge in [0.1, 0.15) is 11.9 Å². The van der Waals surface area contributed by atoms with Crippen LogP contribution in [0.25, 0.3) is 0 Å². The highest BCUT2D eigenvalue weighted by atomic mass is 32.2. The summed E-state index contributed by atoms with van der Waals surface area (Å²) >= 11 is 0. The maximum Gasteiger partial charge on any atom is 0.331 e. The van der Waals surface area contributed by atoms with Crippen LogP contribution in [-0.4, -0.2) is 56.8 Å². The molecule has 3 rings (SSSR count). The molecule has 2 aliphatic heterocycles. The van der Waals surface area contributed by atoms with Crippen LogP contribution in [0.3, 0.4) is 0 Å². The summed E-state index contributed by atoms with van der Waals surface area (Å²) in [5.41, 5.74) is 0.412. The first-order valence-electron chi connectivity index (χ1n) is 8.03. The van der Waals surface area contributed by atoms with E-state index in [0.717, 1.165) is 12.8 Å². The summed E-state index contributed by atoms with van der Waals surface area (Å²) in [4.78, 5) is 29.8. The van der Waals surface area contributed by atoms with Gasteiger partial charge in [-0.1, -0.05) is 12.1 Å². The first-order valence-corrected chi connectivity index (χ1v) is 9.51. The van der Waals surface area contributed by atoms with Gasteiger partial charge in [0.2, 0.25) is 0 Å². The molecular formula is C16H19N3O5S. The Morgan fingerprint density at radius 1 is 1.28 bits per heavy atom. The van der Waals surface area contributed by atoms with E-state index in [9.17, 15) is 18.0 Å². The zero-order chi connectivity index (χ0) is 18.0. The maximum atomic E-state index is 12.0. The maximum absolute atomic E-state index is 12.0. The zero-order valence-corrected chi connectivity index (χ0v) is 14.6. The summed E-state index contributed by atoms with van der Waals surface area (Å²) in [6.45, 7) is 2.54. The van der Waals surface area contributed by atoms with Gasteiger partial charge in [-0.3, -0.25) is 14.5 Å². The van der Waals surface area contributed by atoms with E-state index in [4.69, 9.17) is 4.74 Å². The van der Waals surface area contributed by atoms with Gasteiger partial charge in [-0.25, -0.2) is 13.2 Å². The number of ether oxygens (including phenoxy) is 1. The smallest absolute Gasteiger partial charge is 0.331 e. The van der Waals surface area contributed by atoms with Crippen molar-refractivity contribution in [3.8, 4) is 0 Å². The Bertz CT molecular complexity index is 828. The second-order valence-electron chi connectivity index (χ2n) is 5.95. The molecule has 8 nitrogen and oxygen atoms in total. The molecule has 1 fully saturated rings. The van der Waals surface area contributed by atoms with Gasteiger partial charge in [0.05, 0.1) is 4.90 Å². The van der Waals surface area contributed by atoms with Crippen LogP contribution in [-0.2, 0) is 24.3 Å². The van der Waals surface area contributed by atoms with Gasteiger partial charge >= 0.3 is 5.97 Å². The Hall–Kier alpha value is -2.42. The lowest BCUT2D eigenvalue weighted by Gasteiger charge is -2.15. The molecule has 1 saturated heterocycles. The first kappa shape index (κ1) is 17.4. The van der Waals surface area contributed by atoms with Gasteiger partial charge in [-0.15, -0.1) is 0 Å². The number of rotatable bonds is 4. The Labute approximate surface area is 145 Å². The number of sulfonamides is 1. The molecule has 9 heteroatoms. The van der Waals surface area contributed by atoms with Crippen LogP contribution in [0.4, 0.5) is 0 Å². The number of hydrogen-bond donors (Lipinski definition) is 1. The summed E-state index contributed by atoms with van der Waals surface area (Å²) in [6.07, 6.45) is 1.92. The summed E-state index contributed by atoms with van der Waals surface area (Å²) in [6, 6.07) is 5.45. The van der Waals surface area contributed by atoms with Gasteiger partial charge < -0.3 is 9.64 Å². The molecule has 0 aliphatic carbocycles. The van der Waals surface area contributed by atoms with E-state index < -0.39 is 22.0 Å². The van der Waals surface area contributed by atoms with Gasteiger partial charge in [-0.05, 0) is 31.9 Å². The molecule has 1 atom stereocenters. The highest BCUT2D eigenvalue weighted by Gasteiger charge is 2.31. The second-order valence-corrected chi connectivity index (χ2v) is 7.60.